The summed E-state index contributed by atoms with van der Waals surface area (Å²) in [6, 6.07) is 14.9. The second-order valence-corrected chi connectivity index (χ2v) is 5.25. The summed E-state index contributed by atoms with van der Waals surface area (Å²) in [5, 5.41) is 6.41. The van der Waals surface area contributed by atoms with E-state index >= 15 is 0 Å². The third-order valence-corrected chi connectivity index (χ3v) is 3.20. The molecule has 5 heteroatoms. The van der Waals surface area contributed by atoms with Crippen LogP contribution in [0.1, 0.15) is 27.0 Å². The molecule has 0 spiro atoms. The lowest BCUT2D eigenvalue weighted by molar-refractivity contribution is -0.120. The normalized spacial score (nSPS) is 10.5. The molecule has 2 rings (SSSR count). The Labute approximate surface area is 135 Å². The monoisotopic (exact) mass is 309 g/mol. The van der Waals surface area contributed by atoms with Gasteiger partial charge >= 0.3 is 0 Å². The molecule has 2 aromatic carbocycles. The number of hydrogen-bond acceptors (Lipinski definition) is 3. The molecule has 118 valence electrons. The molecule has 0 heterocycles. The van der Waals surface area contributed by atoms with Crippen LogP contribution in [-0.2, 0) is 4.79 Å². The van der Waals surface area contributed by atoms with E-state index in [1.54, 1.807) is 18.3 Å². The van der Waals surface area contributed by atoms with Crippen LogP contribution in [0.15, 0.2) is 53.6 Å². The fourth-order valence-electron chi connectivity index (χ4n) is 1.84. The van der Waals surface area contributed by atoms with Crippen LogP contribution in [-0.4, -0.2) is 24.6 Å². The highest BCUT2D eigenvalue weighted by Crippen LogP contribution is 2.02. The molecule has 0 aliphatic rings. The van der Waals surface area contributed by atoms with E-state index in [-0.39, 0.29) is 18.4 Å². The van der Waals surface area contributed by atoms with Gasteiger partial charge < -0.3 is 5.32 Å². The molecular weight excluding hydrogens is 290 g/mol. The number of carbonyl (C=O) groups excluding carboxylic acids is 2. The highest BCUT2D eigenvalue weighted by atomic mass is 16.2. The molecule has 0 radical (unpaired) electrons. The van der Waals surface area contributed by atoms with Gasteiger partial charge in [0.2, 0.25) is 0 Å². The van der Waals surface area contributed by atoms with E-state index in [4.69, 9.17) is 0 Å². The van der Waals surface area contributed by atoms with E-state index in [1.807, 2.05) is 50.2 Å². The van der Waals surface area contributed by atoms with Crippen molar-refractivity contribution in [3.63, 3.8) is 0 Å². The zero-order chi connectivity index (χ0) is 16.7. The largest absolute Gasteiger partial charge is 0.343 e. The van der Waals surface area contributed by atoms with E-state index in [0.29, 0.717) is 5.56 Å². The number of aryl methyl sites for hydroxylation is 2. The van der Waals surface area contributed by atoms with Gasteiger partial charge in [-0.05, 0) is 31.5 Å². The molecule has 0 saturated heterocycles. The van der Waals surface area contributed by atoms with Crippen LogP contribution < -0.4 is 10.7 Å². The van der Waals surface area contributed by atoms with Gasteiger partial charge in [0.15, 0.2) is 0 Å². The maximum absolute atomic E-state index is 11.9. The minimum Gasteiger partial charge on any atom is -0.343 e. The first-order chi connectivity index (χ1) is 11.0. The van der Waals surface area contributed by atoms with Crippen LogP contribution in [0.2, 0.25) is 0 Å². The van der Waals surface area contributed by atoms with Crippen molar-refractivity contribution in [2.24, 2.45) is 5.10 Å². The van der Waals surface area contributed by atoms with Crippen molar-refractivity contribution in [2.45, 2.75) is 13.8 Å². The molecule has 0 unspecified atom stereocenters. The van der Waals surface area contributed by atoms with E-state index in [9.17, 15) is 9.59 Å². The van der Waals surface area contributed by atoms with Crippen LogP contribution in [0.3, 0.4) is 0 Å². The summed E-state index contributed by atoms with van der Waals surface area (Å²) in [6.07, 6.45) is 1.55. The fourth-order valence-corrected chi connectivity index (χ4v) is 1.84. The summed E-state index contributed by atoms with van der Waals surface area (Å²) >= 11 is 0. The molecule has 0 fully saturated rings. The molecule has 2 amide bonds. The number of nitrogens with zero attached hydrogens (tertiary/aromatic N) is 1. The second-order valence-electron chi connectivity index (χ2n) is 5.25. The van der Waals surface area contributed by atoms with E-state index in [2.05, 4.69) is 15.8 Å². The Balaban J connectivity index is 1.77. The molecular formula is C18H19N3O2. The summed E-state index contributed by atoms with van der Waals surface area (Å²) in [5.41, 5.74) is 6.02. The van der Waals surface area contributed by atoms with Gasteiger partial charge in [-0.2, -0.15) is 5.10 Å². The topological polar surface area (TPSA) is 70.6 Å². The molecule has 0 aliphatic carbocycles. The quantitative estimate of drug-likeness (QED) is 0.656. The van der Waals surface area contributed by atoms with Gasteiger partial charge in [0.1, 0.15) is 0 Å². The summed E-state index contributed by atoms with van der Waals surface area (Å²) in [4.78, 5) is 23.5. The molecule has 2 N–H and O–H groups in total. The maximum Gasteiger partial charge on any atom is 0.259 e. The molecule has 0 bridgehead atoms. The average molecular weight is 309 g/mol. The Morgan fingerprint density at radius 1 is 0.957 bits per heavy atom. The van der Waals surface area contributed by atoms with Crippen molar-refractivity contribution in [3.8, 4) is 0 Å². The van der Waals surface area contributed by atoms with Crippen LogP contribution in [0, 0.1) is 13.8 Å². The minimum absolute atomic E-state index is 0.127. The van der Waals surface area contributed by atoms with Gasteiger partial charge in [-0.3, -0.25) is 9.59 Å². The number of amides is 2. The smallest absolute Gasteiger partial charge is 0.259 e. The van der Waals surface area contributed by atoms with Gasteiger partial charge in [-0.15, -0.1) is 0 Å². The first-order valence-corrected chi connectivity index (χ1v) is 7.28. The van der Waals surface area contributed by atoms with Crippen molar-refractivity contribution >= 4 is 18.0 Å². The van der Waals surface area contributed by atoms with Crippen molar-refractivity contribution in [2.75, 3.05) is 6.54 Å². The number of hydrogen-bond donors (Lipinski definition) is 2. The third kappa shape index (κ3) is 5.39. The highest BCUT2D eigenvalue weighted by molar-refractivity contribution is 5.96. The van der Waals surface area contributed by atoms with Crippen LogP contribution in [0.25, 0.3) is 0 Å². The lowest BCUT2D eigenvalue weighted by Crippen LogP contribution is -2.34. The number of benzene rings is 2. The fraction of sp³-hybridized carbons (Fsp3) is 0.167. The zero-order valence-corrected chi connectivity index (χ0v) is 13.2. The highest BCUT2D eigenvalue weighted by Gasteiger charge is 2.06. The lowest BCUT2D eigenvalue weighted by atomic mass is 10.1. The first-order valence-electron chi connectivity index (χ1n) is 7.28. The van der Waals surface area contributed by atoms with Crippen molar-refractivity contribution in [1.82, 2.24) is 10.7 Å². The number of carbonyl (C=O) groups is 2. The molecule has 5 nitrogen and oxygen atoms in total. The second kappa shape index (κ2) is 7.89. The van der Waals surface area contributed by atoms with Gasteiger partial charge in [0.05, 0.1) is 12.8 Å². The molecule has 23 heavy (non-hydrogen) atoms. The van der Waals surface area contributed by atoms with Crippen LogP contribution >= 0.6 is 0 Å². The Bertz CT molecular complexity index is 704. The van der Waals surface area contributed by atoms with Crippen molar-refractivity contribution in [1.29, 1.82) is 0 Å². The van der Waals surface area contributed by atoms with Crippen molar-refractivity contribution in [3.05, 3.63) is 70.8 Å². The third-order valence-electron chi connectivity index (χ3n) is 3.20. The maximum atomic E-state index is 11.9. The van der Waals surface area contributed by atoms with Gasteiger partial charge in [0, 0.05) is 5.56 Å². The number of nitrogens with one attached hydrogen (secondary N) is 2. The molecule has 0 aromatic heterocycles. The predicted octanol–water partition coefficient (Wildman–Crippen LogP) is 2.18. The van der Waals surface area contributed by atoms with E-state index < -0.39 is 0 Å². The summed E-state index contributed by atoms with van der Waals surface area (Å²) in [6.45, 7) is 3.82. The SMILES string of the molecule is Cc1ccc(C=NNC(=O)CNC(=O)c2ccc(C)cc2)cc1. The van der Waals surface area contributed by atoms with Gasteiger partial charge in [-0.25, -0.2) is 5.43 Å². The Morgan fingerprint density at radius 2 is 1.52 bits per heavy atom. The predicted molar refractivity (Wildman–Crippen MR) is 90.4 cm³/mol. The minimum atomic E-state index is -0.381. The van der Waals surface area contributed by atoms with Gasteiger partial charge in [-0.1, -0.05) is 47.5 Å². The summed E-state index contributed by atoms with van der Waals surface area (Å²) in [7, 11) is 0. The average Bonchev–Trinajstić information content (AvgIpc) is 2.55. The number of rotatable bonds is 5. The Hall–Kier alpha value is -2.95. The van der Waals surface area contributed by atoms with Crippen LogP contribution in [0.4, 0.5) is 0 Å². The number of hydrazone groups is 1. The molecule has 0 atom stereocenters. The van der Waals surface area contributed by atoms with E-state index in [1.165, 1.54) is 0 Å². The molecule has 0 aliphatic heterocycles. The Morgan fingerprint density at radius 3 is 2.13 bits per heavy atom. The summed E-state index contributed by atoms with van der Waals surface area (Å²) < 4.78 is 0. The zero-order valence-electron chi connectivity index (χ0n) is 13.2. The van der Waals surface area contributed by atoms with Crippen molar-refractivity contribution < 1.29 is 9.59 Å². The Kier molecular flexibility index (Phi) is 5.63. The standard InChI is InChI=1S/C18H19N3O2/c1-13-3-7-15(8-4-13)11-20-21-17(22)12-19-18(23)16-9-5-14(2)6-10-16/h3-11H,12H2,1-2H3,(H,19,23)(H,21,22). The van der Waals surface area contributed by atoms with Crippen LogP contribution in [0.5, 0.6) is 0 Å². The lowest BCUT2D eigenvalue weighted by Gasteiger charge is -2.04. The summed E-state index contributed by atoms with van der Waals surface area (Å²) in [5.74, 6) is -0.670. The van der Waals surface area contributed by atoms with E-state index in [0.717, 1.165) is 16.7 Å². The first kappa shape index (κ1) is 16.4. The van der Waals surface area contributed by atoms with Gasteiger partial charge in [0.25, 0.3) is 11.8 Å². The molecule has 0 saturated carbocycles. The molecule has 2 aromatic rings.